The molecule has 0 spiro atoms. The molecule has 3 nitrogen and oxygen atoms in total. The van der Waals surface area contributed by atoms with Crippen LogP contribution in [0.5, 0.6) is 11.6 Å². The van der Waals surface area contributed by atoms with E-state index in [0.29, 0.717) is 21.7 Å². The molecule has 88 valence electrons. The molecule has 2 rings (SSSR count). The number of hydrogen-bond donors (Lipinski definition) is 1. The summed E-state index contributed by atoms with van der Waals surface area (Å²) in [6.45, 7) is -0.0799. The van der Waals surface area contributed by atoms with E-state index in [1.165, 1.54) is 24.4 Å². The van der Waals surface area contributed by atoms with Crippen LogP contribution in [0.3, 0.4) is 0 Å². The summed E-state index contributed by atoms with van der Waals surface area (Å²) in [7, 11) is 0. The van der Waals surface area contributed by atoms with Crippen LogP contribution in [0.2, 0.25) is 0 Å². The molecule has 5 heteroatoms. The van der Waals surface area contributed by atoms with Crippen LogP contribution in [-0.4, -0.2) is 10.1 Å². The van der Waals surface area contributed by atoms with Crippen molar-refractivity contribution in [3.63, 3.8) is 0 Å². The molecule has 0 radical (unpaired) electrons. The van der Waals surface area contributed by atoms with E-state index in [1.807, 2.05) is 0 Å². The molecular formula is C12H9BrFNO2. The molecule has 0 bridgehead atoms. The quantitative estimate of drug-likeness (QED) is 0.945. The highest BCUT2D eigenvalue weighted by Gasteiger charge is 2.05. The predicted octanol–water partition coefficient (Wildman–Crippen LogP) is 3.27. The third kappa shape index (κ3) is 3.01. The lowest BCUT2D eigenvalue weighted by Gasteiger charge is -2.07. The molecule has 0 unspecified atom stereocenters. The molecule has 0 fully saturated rings. The van der Waals surface area contributed by atoms with Crippen molar-refractivity contribution in [2.24, 2.45) is 0 Å². The molecule has 1 aromatic carbocycles. The third-order valence-corrected chi connectivity index (χ3v) is 2.71. The van der Waals surface area contributed by atoms with Gasteiger partial charge in [-0.05, 0) is 45.8 Å². The minimum Gasteiger partial charge on any atom is -0.438 e. The Bertz CT molecular complexity index is 534. The zero-order chi connectivity index (χ0) is 12.3. The zero-order valence-corrected chi connectivity index (χ0v) is 10.3. The molecule has 17 heavy (non-hydrogen) atoms. The van der Waals surface area contributed by atoms with Gasteiger partial charge in [0.25, 0.3) is 0 Å². The number of aromatic nitrogens is 1. The predicted molar refractivity (Wildman–Crippen MR) is 64.3 cm³/mol. The molecule has 0 atom stereocenters. The molecule has 1 aromatic heterocycles. The van der Waals surface area contributed by atoms with E-state index >= 15 is 0 Å². The molecule has 0 aliphatic carbocycles. The summed E-state index contributed by atoms with van der Waals surface area (Å²) in [6.07, 6.45) is 1.54. The van der Waals surface area contributed by atoms with Crippen LogP contribution in [-0.2, 0) is 6.61 Å². The number of rotatable bonds is 3. The van der Waals surface area contributed by atoms with E-state index in [0.717, 1.165) is 0 Å². The maximum atomic E-state index is 12.9. The highest BCUT2D eigenvalue weighted by Crippen LogP contribution is 2.29. The maximum absolute atomic E-state index is 12.9. The SMILES string of the molecule is OCc1ccnc(Oc2ccc(F)cc2Br)c1. The maximum Gasteiger partial charge on any atom is 0.219 e. The highest BCUT2D eigenvalue weighted by molar-refractivity contribution is 9.10. The molecule has 0 saturated carbocycles. The first kappa shape index (κ1) is 12.0. The van der Waals surface area contributed by atoms with Gasteiger partial charge >= 0.3 is 0 Å². The normalized spacial score (nSPS) is 10.3. The molecular weight excluding hydrogens is 289 g/mol. The number of ether oxygens (including phenoxy) is 1. The van der Waals surface area contributed by atoms with E-state index in [4.69, 9.17) is 9.84 Å². The van der Waals surface area contributed by atoms with Crippen molar-refractivity contribution < 1.29 is 14.2 Å². The first-order chi connectivity index (χ1) is 8.19. The van der Waals surface area contributed by atoms with Crippen LogP contribution in [0.1, 0.15) is 5.56 Å². The number of halogens is 2. The Hall–Kier alpha value is -1.46. The van der Waals surface area contributed by atoms with Gasteiger partial charge < -0.3 is 9.84 Å². The topological polar surface area (TPSA) is 42.4 Å². The average molecular weight is 298 g/mol. The van der Waals surface area contributed by atoms with Gasteiger partial charge in [0.05, 0.1) is 11.1 Å². The van der Waals surface area contributed by atoms with Gasteiger partial charge in [-0.1, -0.05) is 0 Å². The van der Waals surface area contributed by atoms with Crippen molar-refractivity contribution in [2.75, 3.05) is 0 Å². The Morgan fingerprint density at radius 2 is 2.12 bits per heavy atom. The van der Waals surface area contributed by atoms with Gasteiger partial charge in [-0.2, -0.15) is 0 Å². The van der Waals surface area contributed by atoms with Crippen LogP contribution in [0.15, 0.2) is 41.0 Å². The van der Waals surface area contributed by atoms with Crippen LogP contribution >= 0.6 is 15.9 Å². The Balaban J connectivity index is 2.25. The fourth-order valence-corrected chi connectivity index (χ4v) is 1.71. The number of hydrogen-bond acceptors (Lipinski definition) is 3. The standard InChI is InChI=1S/C12H9BrFNO2/c13-10-6-9(14)1-2-11(10)17-12-5-8(7-16)3-4-15-12/h1-6,16H,7H2. The van der Waals surface area contributed by atoms with Crippen LogP contribution in [0.4, 0.5) is 4.39 Å². The molecule has 2 aromatic rings. The fraction of sp³-hybridized carbons (Fsp3) is 0.0833. The van der Waals surface area contributed by atoms with Crippen molar-refractivity contribution in [3.8, 4) is 11.6 Å². The molecule has 0 amide bonds. The van der Waals surface area contributed by atoms with Crippen molar-refractivity contribution in [1.29, 1.82) is 0 Å². The minimum absolute atomic E-state index is 0.0799. The second-order valence-corrected chi connectivity index (χ2v) is 4.19. The summed E-state index contributed by atoms with van der Waals surface area (Å²) in [4.78, 5) is 4.00. The lowest BCUT2D eigenvalue weighted by atomic mass is 10.3. The van der Waals surface area contributed by atoms with Gasteiger partial charge in [0, 0.05) is 12.3 Å². The Labute approximate surface area is 106 Å². The lowest BCUT2D eigenvalue weighted by Crippen LogP contribution is -1.91. The highest BCUT2D eigenvalue weighted by atomic mass is 79.9. The summed E-state index contributed by atoms with van der Waals surface area (Å²) in [5.41, 5.74) is 0.702. The van der Waals surface area contributed by atoms with E-state index in [2.05, 4.69) is 20.9 Å². The van der Waals surface area contributed by atoms with E-state index in [-0.39, 0.29) is 12.4 Å². The summed E-state index contributed by atoms with van der Waals surface area (Å²) < 4.78 is 18.8. The Morgan fingerprint density at radius 1 is 1.29 bits per heavy atom. The first-order valence-corrected chi connectivity index (χ1v) is 5.67. The molecule has 0 aliphatic rings. The fourth-order valence-electron chi connectivity index (χ4n) is 1.28. The second kappa shape index (κ2) is 5.25. The number of pyridine rings is 1. The van der Waals surface area contributed by atoms with Crippen LogP contribution in [0, 0.1) is 5.82 Å². The summed E-state index contributed by atoms with van der Waals surface area (Å²) >= 11 is 3.20. The van der Waals surface area contributed by atoms with Gasteiger partial charge in [-0.15, -0.1) is 0 Å². The van der Waals surface area contributed by atoms with Crippen molar-refractivity contribution in [2.45, 2.75) is 6.61 Å². The van der Waals surface area contributed by atoms with Crippen LogP contribution in [0.25, 0.3) is 0 Å². The monoisotopic (exact) mass is 297 g/mol. The second-order valence-electron chi connectivity index (χ2n) is 3.34. The summed E-state index contributed by atoms with van der Waals surface area (Å²) in [6, 6.07) is 7.43. The molecule has 0 saturated heterocycles. The van der Waals surface area contributed by atoms with E-state index in [9.17, 15) is 4.39 Å². The number of nitrogens with zero attached hydrogens (tertiary/aromatic N) is 1. The Kier molecular flexibility index (Phi) is 3.71. The first-order valence-electron chi connectivity index (χ1n) is 4.88. The smallest absolute Gasteiger partial charge is 0.219 e. The molecule has 1 N–H and O–H groups in total. The van der Waals surface area contributed by atoms with Gasteiger partial charge in [-0.3, -0.25) is 0 Å². The number of benzene rings is 1. The number of aliphatic hydroxyl groups is 1. The van der Waals surface area contributed by atoms with Crippen LogP contribution < -0.4 is 4.74 Å². The zero-order valence-electron chi connectivity index (χ0n) is 8.73. The van der Waals surface area contributed by atoms with Gasteiger partial charge in [0.15, 0.2) is 0 Å². The summed E-state index contributed by atoms with van der Waals surface area (Å²) in [5, 5.41) is 8.98. The Morgan fingerprint density at radius 3 is 2.82 bits per heavy atom. The molecule has 0 aliphatic heterocycles. The van der Waals surface area contributed by atoms with Gasteiger partial charge in [0.2, 0.25) is 5.88 Å². The van der Waals surface area contributed by atoms with E-state index < -0.39 is 0 Å². The van der Waals surface area contributed by atoms with Gasteiger partial charge in [0.1, 0.15) is 11.6 Å². The van der Waals surface area contributed by atoms with Crippen molar-refractivity contribution in [3.05, 3.63) is 52.4 Å². The van der Waals surface area contributed by atoms with Gasteiger partial charge in [-0.25, -0.2) is 9.37 Å². The van der Waals surface area contributed by atoms with Crippen molar-refractivity contribution >= 4 is 15.9 Å². The average Bonchev–Trinajstić information content (AvgIpc) is 2.33. The minimum atomic E-state index is -0.346. The summed E-state index contributed by atoms with van der Waals surface area (Å²) in [5.74, 6) is 0.471. The number of aliphatic hydroxyl groups excluding tert-OH is 1. The van der Waals surface area contributed by atoms with E-state index in [1.54, 1.807) is 12.1 Å². The third-order valence-electron chi connectivity index (χ3n) is 2.09. The van der Waals surface area contributed by atoms with Crippen molar-refractivity contribution in [1.82, 2.24) is 4.98 Å². The lowest BCUT2D eigenvalue weighted by molar-refractivity contribution is 0.281. The largest absolute Gasteiger partial charge is 0.438 e. The molecule has 1 heterocycles.